The molecule has 148 valence electrons. The number of unbranched alkanes of at least 4 members (excludes halogenated alkanes) is 14. The van der Waals surface area contributed by atoms with Crippen LogP contribution in [-0.2, 0) is 0 Å². The van der Waals surface area contributed by atoms with Crippen LogP contribution in [0.1, 0.15) is 117 Å². The highest BCUT2D eigenvalue weighted by molar-refractivity contribution is 5.58. The third-order valence-corrected chi connectivity index (χ3v) is 5.56. The molecule has 0 saturated heterocycles. The summed E-state index contributed by atoms with van der Waals surface area (Å²) in [6, 6.07) is 0. The van der Waals surface area contributed by atoms with Gasteiger partial charge in [0.05, 0.1) is 12.9 Å². The Kier molecular flexibility index (Phi) is 13.1. The summed E-state index contributed by atoms with van der Waals surface area (Å²) in [6.07, 6.45) is 23.4. The summed E-state index contributed by atoms with van der Waals surface area (Å²) < 4.78 is 0. The van der Waals surface area contributed by atoms with Crippen molar-refractivity contribution in [3.63, 3.8) is 0 Å². The van der Waals surface area contributed by atoms with Crippen molar-refractivity contribution >= 4 is 6.34 Å². The molecule has 0 aromatic carbocycles. The molecule has 1 rings (SSSR count). The van der Waals surface area contributed by atoms with Crippen LogP contribution in [0.2, 0.25) is 0 Å². The minimum Gasteiger partial charge on any atom is -0.371 e. The lowest BCUT2D eigenvalue weighted by Crippen LogP contribution is -2.44. The molecule has 25 heavy (non-hydrogen) atoms. The van der Waals surface area contributed by atoms with Gasteiger partial charge in [-0.2, -0.15) is 0 Å². The van der Waals surface area contributed by atoms with Crippen LogP contribution < -0.4 is 0 Å². The average molecular weight is 353 g/mol. The third kappa shape index (κ3) is 11.6. The lowest BCUT2D eigenvalue weighted by Gasteiger charge is -2.33. The first-order valence-electron chi connectivity index (χ1n) is 11.2. The monoisotopic (exact) mass is 352 g/mol. The number of nitrogens with zero attached hydrogens (tertiary/aromatic N) is 2. The molecular weight excluding hydrogens is 308 g/mol. The molecule has 0 spiro atoms. The normalized spacial score (nSPS) is 16.5. The summed E-state index contributed by atoms with van der Waals surface area (Å²) >= 11 is 0. The van der Waals surface area contributed by atoms with E-state index in [1.807, 2.05) is 18.2 Å². The minimum absolute atomic E-state index is 0.698. The highest BCUT2D eigenvalue weighted by atomic mass is 16.3. The number of hydrogen-bond acceptors (Lipinski definition) is 3. The van der Waals surface area contributed by atoms with Crippen molar-refractivity contribution in [3.8, 4) is 0 Å². The maximum atomic E-state index is 10.5. The van der Waals surface area contributed by atoms with Crippen LogP contribution in [0, 0.1) is 0 Å². The zero-order valence-corrected chi connectivity index (χ0v) is 17.1. The van der Waals surface area contributed by atoms with E-state index in [-0.39, 0.29) is 0 Å². The molecule has 3 nitrogen and oxygen atoms in total. The summed E-state index contributed by atoms with van der Waals surface area (Å²) in [4.78, 5) is 6.18. The predicted octanol–water partition coefficient (Wildman–Crippen LogP) is 6.30. The van der Waals surface area contributed by atoms with Gasteiger partial charge in [0.15, 0.2) is 0 Å². The van der Waals surface area contributed by atoms with Crippen LogP contribution in [0.15, 0.2) is 4.99 Å². The van der Waals surface area contributed by atoms with Gasteiger partial charge in [-0.25, -0.2) is 0 Å². The molecule has 1 N–H and O–H groups in total. The summed E-state index contributed by atoms with van der Waals surface area (Å²) in [5, 5.41) is 10.5. The molecule has 0 aromatic heterocycles. The fourth-order valence-electron chi connectivity index (χ4n) is 3.72. The zero-order chi connectivity index (χ0) is 18.2. The molecule has 0 saturated carbocycles. The molecule has 0 bridgehead atoms. The Morgan fingerprint density at radius 2 is 1.24 bits per heavy atom. The second kappa shape index (κ2) is 14.6. The van der Waals surface area contributed by atoms with Crippen LogP contribution >= 0.6 is 0 Å². The Bertz CT molecular complexity index is 328. The van der Waals surface area contributed by atoms with Gasteiger partial charge in [-0.15, -0.1) is 0 Å². The topological polar surface area (TPSA) is 35.8 Å². The van der Waals surface area contributed by atoms with E-state index in [1.165, 1.54) is 89.9 Å². The predicted molar refractivity (Wildman–Crippen MR) is 110 cm³/mol. The number of aliphatic imine (C=N–C) groups is 1. The first-order valence-corrected chi connectivity index (χ1v) is 11.2. The van der Waals surface area contributed by atoms with Gasteiger partial charge in [-0.05, 0) is 19.8 Å². The van der Waals surface area contributed by atoms with E-state index in [0.29, 0.717) is 0 Å². The highest BCUT2D eigenvalue weighted by Gasteiger charge is 2.27. The Morgan fingerprint density at radius 1 is 0.800 bits per heavy atom. The first kappa shape index (κ1) is 22.5. The van der Waals surface area contributed by atoms with Gasteiger partial charge >= 0.3 is 0 Å². The zero-order valence-electron chi connectivity index (χ0n) is 17.1. The van der Waals surface area contributed by atoms with E-state index in [2.05, 4.69) is 11.9 Å². The van der Waals surface area contributed by atoms with Gasteiger partial charge in [-0.3, -0.25) is 4.99 Å². The molecule has 0 aliphatic carbocycles. The third-order valence-electron chi connectivity index (χ3n) is 5.56. The Labute approximate surface area is 157 Å². The van der Waals surface area contributed by atoms with Gasteiger partial charge in [0.25, 0.3) is 0 Å². The van der Waals surface area contributed by atoms with Gasteiger partial charge in [-0.1, -0.05) is 96.8 Å². The van der Waals surface area contributed by atoms with Crippen molar-refractivity contribution in [1.82, 2.24) is 4.90 Å². The van der Waals surface area contributed by atoms with E-state index in [1.54, 1.807) is 0 Å². The summed E-state index contributed by atoms with van der Waals surface area (Å²) in [6.45, 7) is 5.91. The van der Waals surface area contributed by atoms with E-state index in [0.717, 1.165) is 25.9 Å². The van der Waals surface area contributed by atoms with Gasteiger partial charge in [0.2, 0.25) is 0 Å². The first-order chi connectivity index (χ1) is 12.2. The summed E-state index contributed by atoms with van der Waals surface area (Å²) in [5.74, 6) is 0. The molecule has 1 unspecified atom stereocenters. The SMILES string of the molecule is CCCCCCCCCCCCCCCCCC(C)(O)N1C=NCC1. The molecule has 1 heterocycles. The fourth-order valence-corrected chi connectivity index (χ4v) is 3.72. The van der Waals surface area contributed by atoms with Crippen LogP contribution in [0.5, 0.6) is 0 Å². The largest absolute Gasteiger partial charge is 0.371 e. The van der Waals surface area contributed by atoms with Crippen molar-refractivity contribution in [2.24, 2.45) is 4.99 Å². The van der Waals surface area contributed by atoms with E-state index >= 15 is 0 Å². The Morgan fingerprint density at radius 3 is 1.64 bits per heavy atom. The fraction of sp³-hybridized carbons (Fsp3) is 0.955. The molecule has 0 fully saturated rings. The van der Waals surface area contributed by atoms with Gasteiger partial charge in [0.1, 0.15) is 5.72 Å². The molecule has 0 radical (unpaired) electrons. The molecule has 1 aliphatic heterocycles. The highest BCUT2D eigenvalue weighted by Crippen LogP contribution is 2.21. The van der Waals surface area contributed by atoms with E-state index in [4.69, 9.17) is 0 Å². The summed E-state index contributed by atoms with van der Waals surface area (Å²) in [5.41, 5.74) is -0.698. The Balaban J connectivity index is 1.78. The maximum absolute atomic E-state index is 10.5. The van der Waals surface area contributed by atoms with E-state index in [9.17, 15) is 5.11 Å². The second-order valence-electron chi connectivity index (χ2n) is 8.13. The van der Waals surface area contributed by atoms with Crippen LogP contribution in [0.25, 0.3) is 0 Å². The lowest BCUT2D eigenvalue weighted by molar-refractivity contribution is -0.0538. The van der Waals surface area contributed by atoms with Crippen LogP contribution in [-0.4, -0.2) is 35.2 Å². The second-order valence-corrected chi connectivity index (χ2v) is 8.13. The van der Waals surface area contributed by atoms with Crippen molar-refractivity contribution in [1.29, 1.82) is 0 Å². The van der Waals surface area contributed by atoms with Crippen LogP contribution in [0.4, 0.5) is 0 Å². The number of aliphatic hydroxyl groups is 1. The Hall–Kier alpha value is -0.570. The van der Waals surface area contributed by atoms with E-state index < -0.39 is 5.72 Å². The standard InChI is InChI=1S/C22H44N2O/c1-3-4-5-6-7-8-9-10-11-12-13-14-15-16-17-18-22(2,25)24-20-19-23-21-24/h21,25H,3-20H2,1-2H3. The lowest BCUT2D eigenvalue weighted by atomic mass is 10.0. The molecular formula is C22H44N2O. The molecule has 0 amide bonds. The number of rotatable bonds is 17. The van der Waals surface area contributed by atoms with Gasteiger partial charge in [0, 0.05) is 6.54 Å². The molecule has 3 heteroatoms. The number of hydrogen-bond donors (Lipinski definition) is 1. The van der Waals surface area contributed by atoms with Crippen LogP contribution in [0.3, 0.4) is 0 Å². The molecule has 1 aliphatic rings. The quantitative estimate of drug-likeness (QED) is 0.312. The maximum Gasteiger partial charge on any atom is 0.135 e. The van der Waals surface area contributed by atoms with Crippen molar-refractivity contribution in [3.05, 3.63) is 0 Å². The van der Waals surface area contributed by atoms with Crippen molar-refractivity contribution < 1.29 is 5.11 Å². The molecule has 1 atom stereocenters. The van der Waals surface area contributed by atoms with Gasteiger partial charge < -0.3 is 10.0 Å². The summed E-state index contributed by atoms with van der Waals surface area (Å²) in [7, 11) is 0. The smallest absolute Gasteiger partial charge is 0.135 e. The molecule has 0 aromatic rings. The average Bonchev–Trinajstić information content (AvgIpc) is 3.14. The van der Waals surface area contributed by atoms with Crippen molar-refractivity contribution in [2.75, 3.05) is 13.1 Å². The minimum atomic E-state index is -0.698. The van der Waals surface area contributed by atoms with Crippen molar-refractivity contribution in [2.45, 2.75) is 122 Å².